The second-order valence-corrected chi connectivity index (χ2v) is 4.84. The molecular formula is C12H15ClN2O. The van der Waals surface area contributed by atoms with Gasteiger partial charge in [0.15, 0.2) is 0 Å². The molecule has 0 saturated heterocycles. The highest BCUT2D eigenvalue weighted by Crippen LogP contribution is 2.32. The van der Waals surface area contributed by atoms with E-state index in [1.165, 1.54) is 0 Å². The fourth-order valence-electron chi connectivity index (χ4n) is 1.54. The first-order chi connectivity index (χ1) is 7.51. The zero-order valence-electron chi connectivity index (χ0n) is 9.16. The molecule has 0 radical (unpaired) electrons. The van der Waals surface area contributed by atoms with Gasteiger partial charge in [-0.25, -0.2) is 0 Å². The Balaban J connectivity index is 2.00. The first-order valence-corrected chi connectivity index (χ1v) is 5.74. The van der Waals surface area contributed by atoms with Crippen molar-refractivity contribution in [1.29, 1.82) is 0 Å². The molecule has 1 fully saturated rings. The lowest BCUT2D eigenvalue weighted by atomic mass is 10.1. The minimum atomic E-state index is -0.610. The lowest BCUT2D eigenvalue weighted by Gasteiger charge is -2.17. The van der Waals surface area contributed by atoms with Crippen LogP contribution in [0.1, 0.15) is 31.4 Å². The van der Waals surface area contributed by atoms with Crippen LogP contribution in [0.25, 0.3) is 0 Å². The van der Waals surface area contributed by atoms with Crippen molar-refractivity contribution in [2.75, 3.05) is 0 Å². The molecule has 0 unspecified atom stereocenters. The van der Waals surface area contributed by atoms with E-state index in [1.807, 2.05) is 31.2 Å². The highest BCUT2D eigenvalue weighted by Gasteiger charge is 2.46. The fraction of sp³-hybridized carbons (Fsp3) is 0.417. The quantitative estimate of drug-likeness (QED) is 0.847. The molecule has 0 heterocycles. The van der Waals surface area contributed by atoms with E-state index in [0.717, 1.165) is 18.4 Å². The first kappa shape index (κ1) is 11.4. The van der Waals surface area contributed by atoms with Gasteiger partial charge in [0.1, 0.15) is 0 Å². The van der Waals surface area contributed by atoms with Gasteiger partial charge in [0.05, 0.1) is 11.6 Å². The monoisotopic (exact) mass is 238 g/mol. The molecule has 1 aromatic carbocycles. The average molecular weight is 239 g/mol. The van der Waals surface area contributed by atoms with Crippen molar-refractivity contribution >= 4 is 17.5 Å². The summed E-state index contributed by atoms with van der Waals surface area (Å²) in [5.74, 6) is -0.0602. The Kier molecular flexibility index (Phi) is 2.91. The van der Waals surface area contributed by atoms with E-state index in [2.05, 4.69) is 5.32 Å². The highest BCUT2D eigenvalue weighted by atomic mass is 35.5. The molecular weight excluding hydrogens is 224 g/mol. The van der Waals surface area contributed by atoms with E-state index in [1.54, 1.807) is 0 Å². The van der Waals surface area contributed by atoms with Gasteiger partial charge in [-0.3, -0.25) is 4.79 Å². The Bertz CT molecular complexity index is 398. The maximum atomic E-state index is 11.7. The molecule has 0 spiro atoms. The standard InChI is InChI=1S/C12H15ClN2O/c1-8(9-2-4-10(13)5-3-9)15-11(16)12(14)6-7-12/h2-5,8H,6-7,14H2,1H3,(H,15,16)/t8-/m1/s1. The van der Waals surface area contributed by atoms with Crippen molar-refractivity contribution in [2.45, 2.75) is 31.3 Å². The van der Waals surface area contributed by atoms with Crippen molar-refractivity contribution < 1.29 is 4.79 Å². The molecule has 1 aliphatic carbocycles. The minimum absolute atomic E-state index is 0.0363. The molecule has 3 N–H and O–H groups in total. The molecule has 86 valence electrons. The molecule has 1 aromatic rings. The van der Waals surface area contributed by atoms with E-state index < -0.39 is 5.54 Å². The van der Waals surface area contributed by atoms with Crippen LogP contribution in [0.2, 0.25) is 5.02 Å². The van der Waals surface area contributed by atoms with Gasteiger partial charge in [0.2, 0.25) is 5.91 Å². The summed E-state index contributed by atoms with van der Waals surface area (Å²) in [6.07, 6.45) is 1.57. The number of hydrogen-bond acceptors (Lipinski definition) is 2. The largest absolute Gasteiger partial charge is 0.348 e. The summed E-state index contributed by atoms with van der Waals surface area (Å²) in [7, 11) is 0. The maximum Gasteiger partial charge on any atom is 0.240 e. The SMILES string of the molecule is C[C@@H](NC(=O)C1(N)CC1)c1ccc(Cl)cc1. The second kappa shape index (κ2) is 4.07. The number of nitrogens with two attached hydrogens (primary N) is 1. The first-order valence-electron chi connectivity index (χ1n) is 5.36. The third-order valence-corrected chi connectivity index (χ3v) is 3.21. The molecule has 16 heavy (non-hydrogen) atoms. The molecule has 0 aliphatic heterocycles. The summed E-state index contributed by atoms with van der Waals surface area (Å²) in [5.41, 5.74) is 6.23. The van der Waals surface area contributed by atoms with E-state index in [9.17, 15) is 4.79 Å². The molecule has 2 rings (SSSR count). The third kappa shape index (κ3) is 2.36. The van der Waals surface area contributed by atoms with Crippen LogP contribution in [0.4, 0.5) is 0 Å². The number of rotatable bonds is 3. The Morgan fingerprint density at radius 2 is 2.00 bits per heavy atom. The second-order valence-electron chi connectivity index (χ2n) is 4.40. The number of halogens is 1. The van der Waals surface area contributed by atoms with Gasteiger partial charge >= 0.3 is 0 Å². The van der Waals surface area contributed by atoms with Crippen molar-refractivity contribution in [1.82, 2.24) is 5.32 Å². The van der Waals surface area contributed by atoms with Crippen LogP contribution < -0.4 is 11.1 Å². The zero-order chi connectivity index (χ0) is 11.8. The zero-order valence-corrected chi connectivity index (χ0v) is 9.92. The maximum absolute atomic E-state index is 11.7. The van der Waals surface area contributed by atoms with Crippen LogP contribution in [-0.2, 0) is 4.79 Å². The Morgan fingerprint density at radius 1 is 1.44 bits per heavy atom. The highest BCUT2D eigenvalue weighted by molar-refractivity contribution is 6.30. The number of hydrogen-bond donors (Lipinski definition) is 2. The van der Waals surface area contributed by atoms with Crippen LogP contribution in [0.15, 0.2) is 24.3 Å². The fourth-order valence-corrected chi connectivity index (χ4v) is 1.66. The number of nitrogens with one attached hydrogen (secondary N) is 1. The molecule has 1 amide bonds. The number of amides is 1. The summed E-state index contributed by atoms with van der Waals surface area (Å²) >= 11 is 5.80. The summed E-state index contributed by atoms with van der Waals surface area (Å²) < 4.78 is 0. The predicted octanol–water partition coefficient (Wildman–Crippen LogP) is 2.01. The van der Waals surface area contributed by atoms with Gasteiger partial charge in [-0.2, -0.15) is 0 Å². The molecule has 1 aliphatic rings. The van der Waals surface area contributed by atoms with Crippen LogP contribution >= 0.6 is 11.6 Å². The van der Waals surface area contributed by atoms with E-state index in [4.69, 9.17) is 17.3 Å². The summed E-state index contributed by atoms with van der Waals surface area (Å²) in [6, 6.07) is 7.40. The summed E-state index contributed by atoms with van der Waals surface area (Å²) in [5, 5.41) is 3.61. The van der Waals surface area contributed by atoms with Gasteiger partial charge in [0, 0.05) is 5.02 Å². The van der Waals surface area contributed by atoms with Gasteiger partial charge in [-0.15, -0.1) is 0 Å². The topological polar surface area (TPSA) is 55.1 Å². The van der Waals surface area contributed by atoms with Crippen LogP contribution in [0, 0.1) is 0 Å². The molecule has 3 nitrogen and oxygen atoms in total. The van der Waals surface area contributed by atoms with E-state index in [-0.39, 0.29) is 11.9 Å². The number of carbonyl (C=O) groups is 1. The lowest BCUT2D eigenvalue weighted by Crippen LogP contribution is -2.43. The Hall–Kier alpha value is -1.06. The van der Waals surface area contributed by atoms with Crippen LogP contribution in [0.5, 0.6) is 0 Å². The van der Waals surface area contributed by atoms with Crippen molar-refractivity contribution in [2.24, 2.45) is 5.73 Å². The molecule has 1 saturated carbocycles. The number of benzene rings is 1. The normalized spacial score (nSPS) is 18.9. The minimum Gasteiger partial charge on any atom is -0.348 e. The van der Waals surface area contributed by atoms with Crippen molar-refractivity contribution in [3.05, 3.63) is 34.9 Å². The van der Waals surface area contributed by atoms with Crippen molar-refractivity contribution in [3.63, 3.8) is 0 Å². The van der Waals surface area contributed by atoms with Crippen LogP contribution in [0.3, 0.4) is 0 Å². The molecule has 1 atom stereocenters. The Morgan fingerprint density at radius 3 is 2.50 bits per heavy atom. The third-order valence-electron chi connectivity index (χ3n) is 2.96. The Labute approximate surface area is 100.0 Å². The van der Waals surface area contributed by atoms with E-state index >= 15 is 0 Å². The molecule has 0 bridgehead atoms. The van der Waals surface area contributed by atoms with E-state index in [0.29, 0.717) is 5.02 Å². The van der Waals surface area contributed by atoms with Gasteiger partial charge < -0.3 is 11.1 Å². The smallest absolute Gasteiger partial charge is 0.240 e. The van der Waals surface area contributed by atoms with Gasteiger partial charge in [-0.05, 0) is 37.5 Å². The summed E-state index contributed by atoms with van der Waals surface area (Å²) in [6.45, 7) is 1.94. The van der Waals surface area contributed by atoms with Gasteiger partial charge in [-0.1, -0.05) is 23.7 Å². The number of carbonyl (C=O) groups excluding carboxylic acids is 1. The average Bonchev–Trinajstić information content (AvgIpc) is 2.99. The lowest BCUT2D eigenvalue weighted by molar-refractivity contribution is -0.123. The van der Waals surface area contributed by atoms with Crippen LogP contribution in [-0.4, -0.2) is 11.4 Å². The molecule has 4 heteroatoms. The van der Waals surface area contributed by atoms with Crippen molar-refractivity contribution in [3.8, 4) is 0 Å². The predicted molar refractivity (Wildman–Crippen MR) is 64.2 cm³/mol. The summed E-state index contributed by atoms with van der Waals surface area (Å²) in [4.78, 5) is 11.7. The molecule has 0 aromatic heterocycles. The van der Waals surface area contributed by atoms with Gasteiger partial charge in [0.25, 0.3) is 0 Å².